The first-order valence-corrected chi connectivity index (χ1v) is 9.83. The summed E-state index contributed by atoms with van der Waals surface area (Å²) in [5.74, 6) is 0.883. The molecule has 1 aliphatic heterocycles. The second-order valence-corrected chi connectivity index (χ2v) is 8.97. The maximum Gasteiger partial charge on any atom is 0.410 e. The SMILES string of the molecule is CC(C)Cc1cc(C(=O)N2CCC(CN(C)C(=O)OC(C)(C)C)CC2)n[nH]1. The van der Waals surface area contributed by atoms with Crippen LogP contribution in [0, 0.1) is 11.8 Å². The molecule has 1 fully saturated rings. The number of carbonyl (C=O) groups is 2. The van der Waals surface area contributed by atoms with E-state index in [0.717, 1.165) is 25.0 Å². The molecular weight excluding hydrogens is 344 g/mol. The van der Waals surface area contributed by atoms with Gasteiger partial charge in [-0.2, -0.15) is 5.10 Å². The summed E-state index contributed by atoms with van der Waals surface area (Å²) in [6, 6.07) is 1.87. The molecule has 0 spiro atoms. The number of H-pyrrole nitrogens is 1. The molecule has 1 aromatic rings. The molecule has 0 unspecified atom stereocenters. The molecule has 1 N–H and O–H groups in total. The van der Waals surface area contributed by atoms with Crippen molar-refractivity contribution in [2.45, 2.75) is 59.5 Å². The van der Waals surface area contributed by atoms with E-state index in [9.17, 15) is 9.59 Å². The van der Waals surface area contributed by atoms with Gasteiger partial charge in [-0.25, -0.2) is 4.79 Å². The number of piperidine rings is 1. The average molecular weight is 379 g/mol. The average Bonchev–Trinajstić information content (AvgIpc) is 3.01. The fourth-order valence-corrected chi connectivity index (χ4v) is 3.30. The molecule has 0 aromatic carbocycles. The summed E-state index contributed by atoms with van der Waals surface area (Å²) in [5.41, 5.74) is 1.01. The van der Waals surface area contributed by atoms with E-state index in [0.29, 0.717) is 37.2 Å². The van der Waals surface area contributed by atoms with Crippen LogP contribution in [0.3, 0.4) is 0 Å². The van der Waals surface area contributed by atoms with Gasteiger partial charge < -0.3 is 14.5 Å². The standard InChI is InChI=1S/C20H34N4O3/c1-14(2)11-16-12-17(22-21-16)18(25)24-9-7-15(8-10-24)13-23(6)19(26)27-20(3,4)5/h12,14-15H,7-11,13H2,1-6H3,(H,21,22). The number of likely N-dealkylation sites (tertiary alicyclic amines) is 1. The van der Waals surface area contributed by atoms with Crippen molar-refractivity contribution in [1.29, 1.82) is 0 Å². The summed E-state index contributed by atoms with van der Waals surface area (Å²) in [7, 11) is 1.77. The Morgan fingerprint density at radius 1 is 1.33 bits per heavy atom. The maximum absolute atomic E-state index is 12.7. The van der Waals surface area contributed by atoms with Gasteiger partial charge in [0.1, 0.15) is 11.3 Å². The molecule has 1 aliphatic rings. The molecular formula is C20H34N4O3. The van der Waals surface area contributed by atoms with Crippen LogP contribution in [0.5, 0.6) is 0 Å². The molecule has 0 bridgehead atoms. The highest BCUT2D eigenvalue weighted by atomic mass is 16.6. The zero-order valence-electron chi connectivity index (χ0n) is 17.5. The van der Waals surface area contributed by atoms with Gasteiger partial charge in [-0.3, -0.25) is 9.89 Å². The van der Waals surface area contributed by atoms with E-state index in [1.165, 1.54) is 0 Å². The van der Waals surface area contributed by atoms with E-state index >= 15 is 0 Å². The van der Waals surface area contributed by atoms with Gasteiger partial charge in [0.15, 0.2) is 0 Å². The lowest BCUT2D eigenvalue weighted by Crippen LogP contribution is -2.43. The van der Waals surface area contributed by atoms with Crippen molar-refractivity contribution in [2.24, 2.45) is 11.8 Å². The predicted molar refractivity (Wildman–Crippen MR) is 105 cm³/mol. The van der Waals surface area contributed by atoms with Crippen LogP contribution < -0.4 is 0 Å². The zero-order chi connectivity index (χ0) is 20.2. The third-order valence-electron chi connectivity index (χ3n) is 4.62. The fourth-order valence-electron chi connectivity index (χ4n) is 3.30. The number of carbonyl (C=O) groups excluding carboxylic acids is 2. The number of rotatable bonds is 5. The largest absolute Gasteiger partial charge is 0.444 e. The molecule has 0 saturated carbocycles. The molecule has 0 radical (unpaired) electrons. The second-order valence-electron chi connectivity index (χ2n) is 8.97. The van der Waals surface area contributed by atoms with Crippen LogP contribution in [0.2, 0.25) is 0 Å². The Kier molecular flexibility index (Phi) is 6.89. The van der Waals surface area contributed by atoms with Gasteiger partial charge in [0, 0.05) is 32.4 Å². The normalized spacial score (nSPS) is 15.9. The lowest BCUT2D eigenvalue weighted by atomic mass is 9.96. The minimum atomic E-state index is -0.487. The molecule has 0 atom stereocenters. The fraction of sp³-hybridized carbons (Fsp3) is 0.750. The van der Waals surface area contributed by atoms with Gasteiger partial charge in [0.25, 0.3) is 5.91 Å². The third-order valence-corrected chi connectivity index (χ3v) is 4.62. The van der Waals surface area contributed by atoms with Crippen LogP contribution in [0.25, 0.3) is 0 Å². The van der Waals surface area contributed by atoms with Gasteiger partial charge in [-0.05, 0) is 57.9 Å². The maximum atomic E-state index is 12.7. The summed E-state index contributed by atoms with van der Waals surface area (Å²) in [5, 5.41) is 7.15. The number of ether oxygens (including phenoxy) is 1. The molecule has 152 valence electrons. The molecule has 2 amide bonds. The lowest BCUT2D eigenvalue weighted by Gasteiger charge is -2.34. The number of hydrogen-bond acceptors (Lipinski definition) is 4. The van der Waals surface area contributed by atoms with E-state index in [1.54, 1.807) is 11.9 Å². The third kappa shape index (κ3) is 6.56. The van der Waals surface area contributed by atoms with Gasteiger partial charge in [0.05, 0.1) is 0 Å². The summed E-state index contributed by atoms with van der Waals surface area (Å²) in [6.45, 7) is 11.9. The van der Waals surface area contributed by atoms with E-state index in [4.69, 9.17) is 4.74 Å². The number of hydrogen-bond donors (Lipinski definition) is 1. The summed E-state index contributed by atoms with van der Waals surface area (Å²) >= 11 is 0. The summed E-state index contributed by atoms with van der Waals surface area (Å²) in [4.78, 5) is 28.2. The number of aromatic amines is 1. The Hall–Kier alpha value is -2.05. The van der Waals surface area contributed by atoms with Gasteiger partial charge in [-0.1, -0.05) is 13.8 Å². The van der Waals surface area contributed by atoms with Gasteiger partial charge in [-0.15, -0.1) is 0 Å². The first-order chi connectivity index (χ1) is 12.5. The highest BCUT2D eigenvalue weighted by Gasteiger charge is 2.28. The number of aromatic nitrogens is 2. The van der Waals surface area contributed by atoms with Crippen molar-refractivity contribution in [3.63, 3.8) is 0 Å². The van der Waals surface area contributed by atoms with Crippen molar-refractivity contribution in [3.05, 3.63) is 17.5 Å². The molecule has 7 heteroatoms. The van der Waals surface area contributed by atoms with E-state index < -0.39 is 5.60 Å². The molecule has 7 nitrogen and oxygen atoms in total. The topological polar surface area (TPSA) is 78.5 Å². The van der Waals surface area contributed by atoms with Crippen LogP contribution >= 0.6 is 0 Å². The first-order valence-electron chi connectivity index (χ1n) is 9.83. The van der Waals surface area contributed by atoms with Crippen LogP contribution in [0.1, 0.15) is 63.6 Å². The van der Waals surface area contributed by atoms with Crippen molar-refractivity contribution < 1.29 is 14.3 Å². The Bertz CT molecular complexity index is 640. The molecule has 1 aromatic heterocycles. The monoisotopic (exact) mass is 378 g/mol. The minimum absolute atomic E-state index is 0.0137. The van der Waals surface area contributed by atoms with E-state index in [-0.39, 0.29) is 12.0 Å². The molecule has 2 rings (SSSR count). The first kappa shape index (κ1) is 21.3. The van der Waals surface area contributed by atoms with Crippen molar-refractivity contribution in [3.8, 4) is 0 Å². The molecule has 1 saturated heterocycles. The molecule has 27 heavy (non-hydrogen) atoms. The van der Waals surface area contributed by atoms with E-state index in [1.807, 2.05) is 31.7 Å². The van der Waals surface area contributed by atoms with E-state index in [2.05, 4.69) is 24.0 Å². The van der Waals surface area contributed by atoms with Gasteiger partial charge in [0.2, 0.25) is 0 Å². The molecule has 2 heterocycles. The van der Waals surface area contributed by atoms with Crippen LogP contribution in [0.4, 0.5) is 4.79 Å². The van der Waals surface area contributed by atoms with Crippen molar-refractivity contribution in [1.82, 2.24) is 20.0 Å². The summed E-state index contributed by atoms with van der Waals surface area (Å²) in [6.07, 6.45) is 2.35. The predicted octanol–water partition coefficient (Wildman–Crippen LogP) is 3.33. The second kappa shape index (κ2) is 8.76. The Morgan fingerprint density at radius 2 is 1.96 bits per heavy atom. The Balaban J connectivity index is 1.81. The number of nitrogens with zero attached hydrogens (tertiary/aromatic N) is 3. The Labute approximate surface area is 162 Å². The van der Waals surface area contributed by atoms with Crippen molar-refractivity contribution in [2.75, 3.05) is 26.7 Å². The summed E-state index contributed by atoms with van der Waals surface area (Å²) < 4.78 is 5.40. The quantitative estimate of drug-likeness (QED) is 0.852. The minimum Gasteiger partial charge on any atom is -0.444 e. The smallest absolute Gasteiger partial charge is 0.410 e. The molecule has 0 aliphatic carbocycles. The zero-order valence-corrected chi connectivity index (χ0v) is 17.5. The lowest BCUT2D eigenvalue weighted by molar-refractivity contribution is 0.0245. The van der Waals surface area contributed by atoms with Crippen LogP contribution in [0.15, 0.2) is 6.07 Å². The van der Waals surface area contributed by atoms with Gasteiger partial charge >= 0.3 is 6.09 Å². The number of amides is 2. The van der Waals surface area contributed by atoms with Crippen LogP contribution in [-0.4, -0.2) is 64.3 Å². The van der Waals surface area contributed by atoms with Crippen LogP contribution in [-0.2, 0) is 11.2 Å². The Morgan fingerprint density at radius 3 is 2.52 bits per heavy atom. The van der Waals surface area contributed by atoms with Crippen molar-refractivity contribution >= 4 is 12.0 Å². The number of nitrogens with one attached hydrogen (secondary N) is 1. The highest BCUT2D eigenvalue weighted by molar-refractivity contribution is 5.92. The highest BCUT2D eigenvalue weighted by Crippen LogP contribution is 2.21.